The van der Waals surface area contributed by atoms with Gasteiger partial charge in [0.2, 0.25) is 10.0 Å². The van der Waals surface area contributed by atoms with Crippen LogP contribution in [0.5, 0.6) is 0 Å². The number of morpholine rings is 1. The second-order valence-corrected chi connectivity index (χ2v) is 10.0. The number of nitrogens with one attached hydrogen (secondary N) is 2. The van der Waals surface area contributed by atoms with Crippen molar-refractivity contribution in [3.63, 3.8) is 0 Å². The van der Waals surface area contributed by atoms with Crippen molar-refractivity contribution in [3.05, 3.63) is 0 Å². The molecule has 2 saturated heterocycles. The molecule has 0 saturated carbocycles. The van der Waals surface area contributed by atoms with E-state index in [1.165, 1.54) is 6.26 Å². The van der Waals surface area contributed by atoms with Gasteiger partial charge in [-0.3, -0.25) is 9.89 Å². The van der Waals surface area contributed by atoms with E-state index in [1.54, 1.807) is 4.31 Å². The van der Waals surface area contributed by atoms with Crippen molar-refractivity contribution in [1.82, 2.24) is 19.8 Å². The summed E-state index contributed by atoms with van der Waals surface area (Å²) >= 11 is 0. The summed E-state index contributed by atoms with van der Waals surface area (Å²) < 4.78 is 30.1. The molecule has 0 radical (unpaired) electrons. The highest BCUT2D eigenvalue weighted by molar-refractivity contribution is 7.88. The summed E-state index contributed by atoms with van der Waals surface area (Å²) in [6, 6.07) is 0. The molecule has 28 heavy (non-hydrogen) atoms. The van der Waals surface area contributed by atoms with Crippen LogP contribution in [0.3, 0.4) is 0 Å². The van der Waals surface area contributed by atoms with Crippen molar-refractivity contribution in [3.8, 4) is 0 Å². The Bertz CT molecular complexity index is 597. The minimum Gasteiger partial charge on any atom is -0.387 e. The fraction of sp³-hybridized carbons (Fsp3) is 0.944. The number of β-amino-alcohol motifs (C(OH)–C–C–N with tert-alkyl or cyclic N) is 1. The quantitative estimate of drug-likeness (QED) is 0.353. The van der Waals surface area contributed by atoms with Gasteiger partial charge in [-0.15, -0.1) is 0 Å². The van der Waals surface area contributed by atoms with E-state index in [9.17, 15) is 13.5 Å². The fourth-order valence-electron chi connectivity index (χ4n) is 3.57. The van der Waals surface area contributed by atoms with E-state index < -0.39 is 15.6 Å². The molecule has 10 heteroatoms. The summed E-state index contributed by atoms with van der Waals surface area (Å²) in [6.07, 6.45) is 2.95. The van der Waals surface area contributed by atoms with Gasteiger partial charge in [0.25, 0.3) is 0 Å². The van der Waals surface area contributed by atoms with Crippen molar-refractivity contribution in [2.24, 2.45) is 10.9 Å². The van der Waals surface area contributed by atoms with Gasteiger partial charge in [-0.2, -0.15) is 0 Å². The predicted octanol–water partition coefficient (Wildman–Crippen LogP) is -0.704. The highest BCUT2D eigenvalue weighted by Crippen LogP contribution is 2.18. The smallest absolute Gasteiger partial charge is 0.211 e. The van der Waals surface area contributed by atoms with Crippen LogP contribution in [0.15, 0.2) is 4.99 Å². The van der Waals surface area contributed by atoms with Crippen LogP contribution in [0.4, 0.5) is 0 Å². The number of rotatable bonds is 8. The molecule has 0 amide bonds. The minimum atomic E-state index is -3.09. The molecule has 2 aliphatic rings. The molecule has 0 spiro atoms. The molecule has 0 bridgehead atoms. The first kappa shape index (κ1) is 23.3. The van der Waals surface area contributed by atoms with E-state index in [4.69, 9.17) is 4.74 Å². The zero-order valence-corrected chi connectivity index (χ0v) is 18.3. The normalized spacial score (nSPS) is 23.4. The van der Waals surface area contributed by atoms with Gasteiger partial charge in [-0.1, -0.05) is 0 Å². The molecule has 1 atom stereocenters. The first-order valence-corrected chi connectivity index (χ1v) is 12.0. The molecule has 0 aromatic carbocycles. The first-order chi connectivity index (χ1) is 13.2. The summed E-state index contributed by atoms with van der Waals surface area (Å²) in [6.45, 7) is 10.4. The highest BCUT2D eigenvalue weighted by Gasteiger charge is 2.26. The van der Waals surface area contributed by atoms with Crippen LogP contribution < -0.4 is 10.6 Å². The van der Waals surface area contributed by atoms with Crippen molar-refractivity contribution in [2.75, 3.05) is 71.8 Å². The van der Waals surface area contributed by atoms with Crippen LogP contribution in [0.25, 0.3) is 0 Å². The third-order valence-electron chi connectivity index (χ3n) is 5.19. The Morgan fingerprint density at radius 2 is 1.86 bits per heavy atom. The van der Waals surface area contributed by atoms with Gasteiger partial charge in [0.05, 0.1) is 31.6 Å². The largest absolute Gasteiger partial charge is 0.387 e. The standard InChI is InChI=1S/C18H37N5O4S/c1-4-19-17(20-13-16-5-7-23(8-6-16)28(3,25)26)21-14-18(2,24)15-22-9-11-27-12-10-22/h16,24H,4-15H2,1-3H3,(H2,19,20,21). The lowest BCUT2D eigenvalue weighted by Gasteiger charge is -2.33. The van der Waals surface area contributed by atoms with Gasteiger partial charge in [0.1, 0.15) is 0 Å². The Labute approximate surface area is 169 Å². The molecule has 2 aliphatic heterocycles. The number of aliphatic hydroxyl groups is 1. The molecule has 2 heterocycles. The maximum Gasteiger partial charge on any atom is 0.211 e. The number of piperidine rings is 1. The van der Waals surface area contributed by atoms with Crippen LogP contribution in [-0.4, -0.2) is 106 Å². The zero-order valence-electron chi connectivity index (χ0n) is 17.5. The zero-order chi connectivity index (χ0) is 20.6. The minimum absolute atomic E-state index is 0.312. The fourth-order valence-corrected chi connectivity index (χ4v) is 4.44. The molecule has 164 valence electrons. The van der Waals surface area contributed by atoms with Crippen LogP contribution in [0.2, 0.25) is 0 Å². The van der Waals surface area contributed by atoms with Gasteiger partial charge in [0, 0.05) is 45.8 Å². The van der Waals surface area contributed by atoms with E-state index in [-0.39, 0.29) is 0 Å². The van der Waals surface area contributed by atoms with Crippen molar-refractivity contribution < 1.29 is 18.3 Å². The second kappa shape index (κ2) is 10.7. The van der Waals surface area contributed by atoms with E-state index in [0.717, 1.165) is 39.0 Å². The molecule has 3 N–H and O–H groups in total. The molecular formula is C18H37N5O4S. The Morgan fingerprint density at radius 3 is 2.43 bits per heavy atom. The number of hydrogen-bond acceptors (Lipinski definition) is 6. The van der Waals surface area contributed by atoms with Gasteiger partial charge in [-0.05, 0) is 32.6 Å². The van der Waals surface area contributed by atoms with Crippen LogP contribution in [0, 0.1) is 5.92 Å². The molecule has 2 fully saturated rings. The van der Waals surface area contributed by atoms with Crippen LogP contribution >= 0.6 is 0 Å². The summed E-state index contributed by atoms with van der Waals surface area (Å²) in [5, 5.41) is 17.3. The Morgan fingerprint density at radius 1 is 1.21 bits per heavy atom. The monoisotopic (exact) mass is 419 g/mol. The average Bonchev–Trinajstić information content (AvgIpc) is 2.64. The number of guanidine groups is 1. The molecule has 0 aromatic heterocycles. The lowest BCUT2D eigenvalue weighted by Crippen LogP contribution is -2.48. The van der Waals surface area contributed by atoms with Gasteiger partial charge in [-0.25, -0.2) is 12.7 Å². The molecule has 1 unspecified atom stereocenters. The SMILES string of the molecule is CCNC(=NCC(C)(O)CN1CCOCC1)NCC1CCN(S(C)(=O)=O)CC1. The summed E-state index contributed by atoms with van der Waals surface area (Å²) in [5.41, 5.74) is -0.902. The van der Waals surface area contributed by atoms with Gasteiger partial charge < -0.3 is 20.5 Å². The third-order valence-corrected chi connectivity index (χ3v) is 6.49. The first-order valence-electron chi connectivity index (χ1n) is 10.2. The van der Waals surface area contributed by atoms with E-state index in [1.807, 2.05) is 13.8 Å². The number of ether oxygens (including phenoxy) is 1. The summed E-state index contributed by atoms with van der Waals surface area (Å²) in [4.78, 5) is 6.77. The summed E-state index contributed by atoms with van der Waals surface area (Å²) in [5.74, 6) is 1.10. The third kappa shape index (κ3) is 8.20. The van der Waals surface area contributed by atoms with Crippen LogP contribution in [-0.2, 0) is 14.8 Å². The Kier molecular flexibility index (Phi) is 8.94. The second-order valence-electron chi connectivity index (χ2n) is 8.07. The Balaban J connectivity index is 1.79. The maximum absolute atomic E-state index is 11.6. The van der Waals surface area contributed by atoms with Crippen LogP contribution in [0.1, 0.15) is 26.7 Å². The molecule has 0 aliphatic carbocycles. The number of nitrogens with zero attached hydrogens (tertiary/aromatic N) is 3. The van der Waals surface area contributed by atoms with E-state index >= 15 is 0 Å². The number of hydrogen-bond donors (Lipinski definition) is 3. The van der Waals surface area contributed by atoms with Crippen molar-refractivity contribution >= 4 is 16.0 Å². The highest BCUT2D eigenvalue weighted by atomic mass is 32.2. The number of sulfonamides is 1. The van der Waals surface area contributed by atoms with Gasteiger partial charge in [0.15, 0.2) is 5.96 Å². The van der Waals surface area contributed by atoms with Crippen molar-refractivity contribution in [1.29, 1.82) is 0 Å². The topological polar surface area (TPSA) is 106 Å². The molecule has 0 aromatic rings. The van der Waals surface area contributed by atoms with Crippen molar-refractivity contribution in [2.45, 2.75) is 32.3 Å². The molecular weight excluding hydrogens is 382 g/mol. The molecule has 9 nitrogen and oxygen atoms in total. The van der Waals surface area contributed by atoms with E-state index in [0.29, 0.717) is 51.3 Å². The van der Waals surface area contributed by atoms with E-state index in [2.05, 4.69) is 20.5 Å². The lowest BCUT2D eigenvalue weighted by molar-refractivity contribution is -0.0180. The molecule has 2 rings (SSSR count). The average molecular weight is 420 g/mol. The predicted molar refractivity (Wildman–Crippen MR) is 111 cm³/mol. The maximum atomic E-state index is 11.6. The summed E-state index contributed by atoms with van der Waals surface area (Å²) in [7, 11) is -3.09. The van der Waals surface area contributed by atoms with Gasteiger partial charge >= 0.3 is 0 Å². The number of aliphatic imine (C=N–C) groups is 1. The Hall–Kier alpha value is -0.940. The lowest BCUT2D eigenvalue weighted by atomic mass is 9.98.